The molecule has 1 aromatic carbocycles. The topological polar surface area (TPSA) is 105 Å². The fraction of sp³-hybridized carbons (Fsp3) is 0.400. The first kappa shape index (κ1) is 16.0. The lowest BCUT2D eigenvalue weighted by Gasteiger charge is -2.21. The normalized spacial score (nSPS) is 17.5. The molecule has 0 spiro atoms. The first-order chi connectivity index (χ1) is 10.6. The summed E-state index contributed by atoms with van der Waals surface area (Å²) in [5.41, 5.74) is 0.891. The molecule has 1 aromatic rings. The van der Waals surface area contributed by atoms with Crippen molar-refractivity contribution in [3.05, 3.63) is 29.8 Å². The number of benzene rings is 1. The van der Waals surface area contributed by atoms with Crippen molar-refractivity contribution in [2.24, 2.45) is 0 Å². The fourth-order valence-corrected chi connectivity index (χ4v) is 2.13. The van der Waals surface area contributed by atoms with Crippen LogP contribution in [0.4, 0.5) is 5.69 Å². The van der Waals surface area contributed by atoms with E-state index in [0.29, 0.717) is 24.3 Å². The van der Waals surface area contributed by atoms with Gasteiger partial charge in [0.25, 0.3) is 11.8 Å². The number of rotatable bonds is 5. The zero-order chi connectivity index (χ0) is 15.9. The van der Waals surface area contributed by atoms with E-state index in [1.165, 1.54) is 12.1 Å². The Bertz CT molecular complexity index is 550. The fourth-order valence-electron chi connectivity index (χ4n) is 2.13. The van der Waals surface area contributed by atoms with Gasteiger partial charge < -0.3 is 20.5 Å². The number of carbonyl (C=O) groups excluding carboxylic acids is 2. The molecule has 1 saturated heterocycles. The largest absolute Gasteiger partial charge is 0.480 e. The van der Waals surface area contributed by atoms with Gasteiger partial charge in [0.05, 0.1) is 0 Å². The molecule has 0 radical (unpaired) electrons. The number of carboxylic acids is 1. The molecular weight excluding hydrogens is 288 g/mol. The molecule has 3 N–H and O–H groups in total. The van der Waals surface area contributed by atoms with Gasteiger partial charge in [-0.2, -0.15) is 0 Å². The average molecular weight is 306 g/mol. The van der Waals surface area contributed by atoms with Crippen LogP contribution in [0.25, 0.3) is 0 Å². The first-order valence-electron chi connectivity index (χ1n) is 7.09. The Balaban J connectivity index is 1.89. The molecule has 1 atom stereocenters. The predicted molar refractivity (Wildman–Crippen MR) is 78.6 cm³/mol. The second-order valence-electron chi connectivity index (χ2n) is 5.00. The minimum atomic E-state index is -1.11. The van der Waals surface area contributed by atoms with Crippen LogP contribution < -0.4 is 10.6 Å². The maximum Gasteiger partial charge on any atom is 0.322 e. The lowest BCUT2D eigenvalue weighted by atomic mass is 10.1. The van der Waals surface area contributed by atoms with Gasteiger partial charge in [0.1, 0.15) is 12.6 Å². The third-order valence-electron chi connectivity index (χ3n) is 3.29. The van der Waals surface area contributed by atoms with Crippen molar-refractivity contribution in [1.82, 2.24) is 5.32 Å². The quantitative estimate of drug-likeness (QED) is 0.753. The highest BCUT2D eigenvalue weighted by Crippen LogP contribution is 2.16. The second kappa shape index (κ2) is 7.56. The number of anilines is 1. The van der Waals surface area contributed by atoms with Gasteiger partial charge in [-0.05, 0) is 43.5 Å². The molecule has 2 rings (SSSR count). The van der Waals surface area contributed by atoms with Crippen LogP contribution in [-0.4, -0.2) is 42.1 Å². The summed E-state index contributed by atoms with van der Waals surface area (Å²) in [6, 6.07) is 6.23. The summed E-state index contributed by atoms with van der Waals surface area (Å²) in [7, 11) is 0. The lowest BCUT2D eigenvalue weighted by Crippen LogP contribution is -2.33. The number of aliphatic carboxylic acids is 1. The van der Waals surface area contributed by atoms with E-state index in [1.807, 2.05) is 0 Å². The molecule has 118 valence electrons. The number of carboxylic acid groups (broad SMARTS) is 1. The summed E-state index contributed by atoms with van der Waals surface area (Å²) < 4.78 is 5.40. The second-order valence-corrected chi connectivity index (χ2v) is 5.00. The zero-order valence-electron chi connectivity index (χ0n) is 12.0. The van der Waals surface area contributed by atoms with Gasteiger partial charge in [-0.25, -0.2) is 0 Å². The highest BCUT2D eigenvalue weighted by Gasteiger charge is 2.21. The highest BCUT2D eigenvalue weighted by molar-refractivity contribution is 5.97. The summed E-state index contributed by atoms with van der Waals surface area (Å²) in [5, 5.41) is 13.5. The van der Waals surface area contributed by atoms with Crippen LogP contribution in [0.1, 0.15) is 29.6 Å². The van der Waals surface area contributed by atoms with Crippen LogP contribution in [0.3, 0.4) is 0 Å². The Morgan fingerprint density at radius 2 is 1.91 bits per heavy atom. The Kier molecular flexibility index (Phi) is 5.48. The minimum Gasteiger partial charge on any atom is -0.480 e. The maximum absolute atomic E-state index is 12.0. The summed E-state index contributed by atoms with van der Waals surface area (Å²) in [6.45, 7) is 0.164. The van der Waals surface area contributed by atoms with Crippen LogP contribution >= 0.6 is 0 Å². The third-order valence-corrected chi connectivity index (χ3v) is 3.29. The summed E-state index contributed by atoms with van der Waals surface area (Å²) >= 11 is 0. The lowest BCUT2D eigenvalue weighted by molar-refractivity contribution is -0.135. The van der Waals surface area contributed by atoms with Crippen molar-refractivity contribution >= 4 is 23.5 Å². The van der Waals surface area contributed by atoms with Crippen LogP contribution in [0.2, 0.25) is 0 Å². The highest BCUT2D eigenvalue weighted by atomic mass is 16.5. The molecule has 0 aromatic heterocycles. The Labute approximate surface area is 127 Å². The van der Waals surface area contributed by atoms with Gasteiger partial charge in [-0.1, -0.05) is 0 Å². The number of nitrogens with one attached hydrogen (secondary N) is 2. The van der Waals surface area contributed by atoms with E-state index < -0.39 is 24.5 Å². The average Bonchev–Trinajstić information content (AvgIpc) is 2.54. The molecule has 1 unspecified atom stereocenters. The summed E-state index contributed by atoms with van der Waals surface area (Å²) in [5.74, 6) is -1.77. The van der Waals surface area contributed by atoms with Crippen LogP contribution in [0, 0.1) is 0 Å². The third kappa shape index (κ3) is 4.56. The molecule has 1 aliphatic heterocycles. The molecule has 7 nitrogen and oxygen atoms in total. The van der Waals surface area contributed by atoms with Gasteiger partial charge in [0.15, 0.2) is 0 Å². The van der Waals surface area contributed by atoms with E-state index in [1.54, 1.807) is 12.1 Å². The molecule has 0 aliphatic carbocycles. The van der Waals surface area contributed by atoms with Gasteiger partial charge in [-0.3, -0.25) is 14.4 Å². The number of hydrogen-bond donors (Lipinski definition) is 3. The van der Waals surface area contributed by atoms with E-state index in [4.69, 9.17) is 9.84 Å². The molecule has 7 heteroatoms. The van der Waals surface area contributed by atoms with Crippen molar-refractivity contribution in [2.75, 3.05) is 18.5 Å². The maximum atomic E-state index is 12.0. The molecule has 0 saturated carbocycles. The van der Waals surface area contributed by atoms with Crippen LogP contribution in [0.5, 0.6) is 0 Å². The van der Waals surface area contributed by atoms with Gasteiger partial charge in [-0.15, -0.1) is 0 Å². The predicted octanol–water partition coefficient (Wildman–Crippen LogP) is 1.01. The van der Waals surface area contributed by atoms with Gasteiger partial charge >= 0.3 is 5.97 Å². The van der Waals surface area contributed by atoms with Crippen molar-refractivity contribution < 1.29 is 24.2 Å². The number of hydrogen-bond acceptors (Lipinski definition) is 4. The molecule has 1 aliphatic rings. The molecule has 2 amide bonds. The molecule has 1 fully saturated rings. The van der Waals surface area contributed by atoms with Crippen LogP contribution in [-0.2, 0) is 14.3 Å². The summed E-state index contributed by atoms with van der Waals surface area (Å²) in [6.07, 6.45) is 2.24. The monoisotopic (exact) mass is 306 g/mol. The van der Waals surface area contributed by atoms with Gasteiger partial charge in [0, 0.05) is 17.9 Å². The number of carbonyl (C=O) groups is 3. The Morgan fingerprint density at radius 3 is 2.50 bits per heavy atom. The van der Waals surface area contributed by atoms with Crippen molar-refractivity contribution in [1.29, 1.82) is 0 Å². The molecule has 1 heterocycles. The number of ether oxygens (including phenoxy) is 1. The zero-order valence-corrected chi connectivity index (χ0v) is 12.0. The minimum absolute atomic E-state index is 0.192. The number of amides is 2. The van der Waals surface area contributed by atoms with E-state index in [2.05, 4.69) is 10.6 Å². The van der Waals surface area contributed by atoms with E-state index in [9.17, 15) is 14.4 Å². The Hall–Kier alpha value is -2.41. The first-order valence-corrected chi connectivity index (χ1v) is 7.09. The van der Waals surface area contributed by atoms with Crippen molar-refractivity contribution in [3.63, 3.8) is 0 Å². The molecule has 0 bridgehead atoms. The van der Waals surface area contributed by atoms with E-state index in [-0.39, 0.29) is 5.91 Å². The van der Waals surface area contributed by atoms with Gasteiger partial charge in [0.2, 0.25) is 0 Å². The van der Waals surface area contributed by atoms with Crippen LogP contribution in [0.15, 0.2) is 24.3 Å². The SMILES string of the molecule is O=C(O)CNC(=O)c1ccc(NC(=O)C2CCCCO2)cc1. The molecule has 22 heavy (non-hydrogen) atoms. The summed E-state index contributed by atoms with van der Waals surface area (Å²) in [4.78, 5) is 34.0. The molecular formula is C15H18N2O5. The van der Waals surface area contributed by atoms with Crippen molar-refractivity contribution in [3.8, 4) is 0 Å². The standard InChI is InChI=1S/C15H18N2O5/c18-13(19)9-16-14(20)10-4-6-11(7-5-10)17-15(21)12-3-1-2-8-22-12/h4-7,12H,1-3,8-9H2,(H,16,20)(H,17,21)(H,18,19). The van der Waals surface area contributed by atoms with Crippen molar-refractivity contribution in [2.45, 2.75) is 25.4 Å². The smallest absolute Gasteiger partial charge is 0.322 e. The van der Waals surface area contributed by atoms with E-state index in [0.717, 1.165) is 12.8 Å². The van der Waals surface area contributed by atoms with E-state index >= 15 is 0 Å². The Morgan fingerprint density at radius 1 is 1.18 bits per heavy atom.